The van der Waals surface area contributed by atoms with Gasteiger partial charge in [-0.3, -0.25) is 9.59 Å². The minimum atomic E-state index is -0.104. The van der Waals surface area contributed by atoms with Crippen molar-refractivity contribution in [2.75, 3.05) is 11.9 Å². The molecule has 144 valence electrons. The summed E-state index contributed by atoms with van der Waals surface area (Å²) in [7, 11) is 0. The summed E-state index contributed by atoms with van der Waals surface area (Å²) in [5, 5.41) is 9.08. The van der Waals surface area contributed by atoms with Crippen molar-refractivity contribution < 1.29 is 9.59 Å². The van der Waals surface area contributed by atoms with E-state index >= 15 is 0 Å². The Kier molecular flexibility index (Phi) is 7.86. The lowest BCUT2D eigenvalue weighted by Gasteiger charge is -2.18. The van der Waals surface area contributed by atoms with Gasteiger partial charge in [-0.1, -0.05) is 50.2 Å². The molecule has 2 aromatic rings. The summed E-state index contributed by atoms with van der Waals surface area (Å²) in [4.78, 5) is 24.5. The van der Waals surface area contributed by atoms with Crippen molar-refractivity contribution in [2.45, 2.75) is 45.7 Å². The van der Waals surface area contributed by atoms with Gasteiger partial charge in [-0.2, -0.15) is 0 Å². The Balaban J connectivity index is 1.91. The molecular formula is C22H29N3O2. The molecule has 0 spiro atoms. The number of rotatable bonds is 9. The van der Waals surface area contributed by atoms with Gasteiger partial charge in [0.1, 0.15) is 0 Å². The molecule has 2 rings (SSSR count). The monoisotopic (exact) mass is 367 g/mol. The molecule has 5 nitrogen and oxygen atoms in total. The van der Waals surface area contributed by atoms with E-state index in [2.05, 4.69) is 16.0 Å². The first kappa shape index (κ1) is 20.5. The number of hydrogen-bond acceptors (Lipinski definition) is 3. The highest BCUT2D eigenvalue weighted by atomic mass is 16.2. The average molecular weight is 367 g/mol. The Morgan fingerprint density at radius 3 is 2.33 bits per heavy atom. The van der Waals surface area contributed by atoms with E-state index in [1.54, 1.807) is 12.1 Å². The van der Waals surface area contributed by atoms with Crippen molar-refractivity contribution in [1.29, 1.82) is 0 Å². The highest BCUT2D eigenvalue weighted by Gasteiger charge is 2.13. The summed E-state index contributed by atoms with van der Waals surface area (Å²) >= 11 is 0. The molecule has 2 atom stereocenters. The smallest absolute Gasteiger partial charge is 0.251 e. The van der Waals surface area contributed by atoms with E-state index in [1.807, 2.05) is 63.2 Å². The molecule has 0 saturated carbocycles. The zero-order valence-corrected chi connectivity index (χ0v) is 16.3. The number of benzene rings is 2. The van der Waals surface area contributed by atoms with Crippen LogP contribution >= 0.6 is 0 Å². The maximum absolute atomic E-state index is 12.3. The lowest BCUT2D eigenvalue weighted by molar-refractivity contribution is -0.120. The van der Waals surface area contributed by atoms with E-state index in [0.29, 0.717) is 5.56 Å². The summed E-state index contributed by atoms with van der Waals surface area (Å²) in [6.07, 6.45) is 1.70. The zero-order chi connectivity index (χ0) is 19.6. The number of hydrogen-bond donors (Lipinski definition) is 3. The van der Waals surface area contributed by atoms with Gasteiger partial charge in [0.2, 0.25) is 5.91 Å². The number of carbonyl (C=O) groups excluding carboxylic acids is 2. The number of nitrogens with one attached hydrogen (secondary N) is 3. The Hall–Kier alpha value is -2.82. The number of carbonyl (C=O) groups is 2. The first-order valence-electron chi connectivity index (χ1n) is 9.52. The molecule has 0 aliphatic carbocycles. The molecule has 2 aromatic carbocycles. The van der Waals surface area contributed by atoms with Crippen molar-refractivity contribution in [3.63, 3.8) is 0 Å². The predicted molar refractivity (Wildman–Crippen MR) is 110 cm³/mol. The molecule has 3 N–H and O–H groups in total. The summed E-state index contributed by atoms with van der Waals surface area (Å²) in [6, 6.07) is 17.2. The van der Waals surface area contributed by atoms with Gasteiger partial charge >= 0.3 is 0 Å². The molecule has 0 fully saturated rings. The van der Waals surface area contributed by atoms with Crippen molar-refractivity contribution in [1.82, 2.24) is 10.6 Å². The fourth-order valence-electron chi connectivity index (χ4n) is 2.71. The molecule has 0 aliphatic heterocycles. The standard InChI is InChI=1S/C22H29N3O2/c1-4-16(3)24-22(27)18-12-9-13-19(14-18)23-15-21(26)25-20(5-2)17-10-7-6-8-11-17/h6-14,16,20,23H,4-5,15H2,1-3H3,(H,24,27)(H,25,26). The molecule has 0 heterocycles. The van der Waals surface area contributed by atoms with Crippen LogP contribution in [0.1, 0.15) is 55.6 Å². The Labute approximate surface area is 161 Å². The number of amides is 2. The maximum Gasteiger partial charge on any atom is 0.251 e. The lowest BCUT2D eigenvalue weighted by atomic mass is 10.0. The fraction of sp³-hybridized carbons (Fsp3) is 0.364. The highest BCUT2D eigenvalue weighted by Crippen LogP contribution is 2.16. The van der Waals surface area contributed by atoms with Crippen LogP contribution in [0.3, 0.4) is 0 Å². The Morgan fingerprint density at radius 1 is 0.926 bits per heavy atom. The minimum absolute atomic E-state index is 0.00635. The highest BCUT2D eigenvalue weighted by molar-refractivity contribution is 5.95. The van der Waals surface area contributed by atoms with Crippen LogP contribution in [-0.4, -0.2) is 24.4 Å². The normalized spacial score (nSPS) is 12.7. The Morgan fingerprint density at radius 2 is 1.67 bits per heavy atom. The van der Waals surface area contributed by atoms with Gasteiger partial charge in [-0.15, -0.1) is 0 Å². The van der Waals surface area contributed by atoms with E-state index in [9.17, 15) is 9.59 Å². The molecule has 0 saturated heterocycles. The molecular weight excluding hydrogens is 338 g/mol. The first-order chi connectivity index (χ1) is 13.0. The number of anilines is 1. The molecule has 27 heavy (non-hydrogen) atoms. The molecule has 2 unspecified atom stereocenters. The van der Waals surface area contributed by atoms with E-state index in [0.717, 1.165) is 24.1 Å². The summed E-state index contributed by atoms with van der Waals surface area (Å²) in [6.45, 7) is 6.20. The molecule has 2 amide bonds. The third kappa shape index (κ3) is 6.44. The van der Waals surface area contributed by atoms with Crippen molar-refractivity contribution in [2.24, 2.45) is 0 Å². The lowest BCUT2D eigenvalue weighted by Crippen LogP contribution is -2.33. The second kappa shape index (κ2) is 10.4. The molecule has 0 aromatic heterocycles. The van der Waals surface area contributed by atoms with E-state index in [4.69, 9.17) is 0 Å². The van der Waals surface area contributed by atoms with Crippen molar-refractivity contribution >= 4 is 17.5 Å². The molecule has 0 radical (unpaired) electrons. The quantitative estimate of drug-likeness (QED) is 0.630. The maximum atomic E-state index is 12.3. The van der Waals surface area contributed by atoms with Gasteiger partial charge in [-0.25, -0.2) is 0 Å². The molecule has 5 heteroatoms. The fourth-order valence-corrected chi connectivity index (χ4v) is 2.71. The third-order valence-electron chi connectivity index (χ3n) is 4.51. The topological polar surface area (TPSA) is 70.2 Å². The largest absolute Gasteiger partial charge is 0.376 e. The van der Waals surface area contributed by atoms with E-state index in [-0.39, 0.29) is 30.4 Å². The summed E-state index contributed by atoms with van der Waals surface area (Å²) in [5.41, 5.74) is 2.42. The molecule has 0 bridgehead atoms. The SMILES string of the molecule is CCC(C)NC(=O)c1cccc(NCC(=O)NC(CC)c2ccccc2)c1. The van der Waals surface area contributed by atoms with Crippen molar-refractivity contribution in [3.8, 4) is 0 Å². The van der Waals surface area contributed by atoms with Gasteiger partial charge in [0.25, 0.3) is 5.91 Å². The summed E-state index contributed by atoms with van der Waals surface area (Å²) in [5.74, 6) is -0.187. The van der Waals surface area contributed by atoms with E-state index < -0.39 is 0 Å². The van der Waals surface area contributed by atoms with Crippen LogP contribution in [-0.2, 0) is 4.79 Å². The minimum Gasteiger partial charge on any atom is -0.376 e. The summed E-state index contributed by atoms with van der Waals surface area (Å²) < 4.78 is 0. The van der Waals surface area contributed by atoms with Gasteiger partial charge in [0, 0.05) is 17.3 Å². The van der Waals surface area contributed by atoms with Crippen LogP contribution < -0.4 is 16.0 Å². The van der Waals surface area contributed by atoms with Gasteiger partial charge in [0.15, 0.2) is 0 Å². The van der Waals surface area contributed by atoms with Crippen LogP contribution in [0.2, 0.25) is 0 Å². The second-order valence-electron chi connectivity index (χ2n) is 6.66. The van der Waals surface area contributed by atoms with Crippen LogP contribution in [0.25, 0.3) is 0 Å². The first-order valence-corrected chi connectivity index (χ1v) is 9.52. The van der Waals surface area contributed by atoms with Gasteiger partial charge in [-0.05, 0) is 43.5 Å². The van der Waals surface area contributed by atoms with Gasteiger partial charge < -0.3 is 16.0 Å². The van der Waals surface area contributed by atoms with Crippen LogP contribution in [0.4, 0.5) is 5.69 Å². The Bertz CT molecular complexity index is 746. The van der Waals surface area contributed by atoms with Crippen LogP contribution in [0, 0.1) is 0 Å². The average Bonchev–Trinajstić information content (AvgIpc) is 2.71. The van der Waals surface area contributed by atoms with Crippen LogP contribution in [0.5, 0.6) is 0 Å². The predicted octanol–water partition coefficient (Wildman–Crippen LogP) is 3.89. The van der Waals surface area contributed by atoms with E-state index in [1.165, 1.54) is 0 Å². The van der Waals surface area contributed by atoms with Gasteiger partial charge in [0.05, 0.1) is 12.6 Å². The molecule has 0 aliphatic rings. The third-order valence-corrected chi connectivity index (χ3v) is 4.51. The zero-order valence-electron chi connectivity index (χ0n) is 16.3. The second-order valence-corrected chi connectivity index (χ2v) is 6.66. The van der Waals surface area contributed by atoms with Crippen LogP contribution in [0.15, 0.2) is 54.6 Å². The van der Waals surface area contributed by atoms with Crippen molar-refractivity contribution in [3.05, 3.63) is 65.7 Å².